The second kappa shape index (κ2) is 8.84. The van der Waals surface area contributed by atoms with Crippen molar-refractivity contribution in [2.45, 2.75) is 27.7 Å². The lowest BCUT2D eigenvalue weighted by molar-refractivity contribution is -0.384. The number of rotatable bonds is 4. The van der Waals surface area contributed by atoms with Crippen LogP contribution >= 0.6 is 11.6 Å². The predicted molar refractivity (Wildman–Crippen MR) is 132 cm³/mol. The molecule has 178 valence electrons. The van der Waals surface area contributed by atoms with Gasteiger partial charge in [0.25, 0.3) is 17.5 Å². The number of nitro groups is 1. The smallest absolute Gasteiger partial charge is 0.318 e. The average Bonchev–Trinajstić information content (AvgIpc) is 3.05. The Bertz CT molecular complexity index is 1470. The van der Waals surface area contributed by atoms with Gasteiger partial charge in [0.2, 0.25) is 0 Å². The van der Waals surface area contributed by atoms with Crippen LogP contribution in [0.15, 0.2) is 48.0 Å². The summed E-state index contributed by atoms with van der Waals surface area (Å²) in [5.74, 6) is -1.52. The molecule has 2 aromatic carbocycles. The van der Waals surface area contributed by atoms with Gasteiger partial charge in [-0.05, 0) is 80.8 Å². The Balaban J connectivity index is 1.76. The molecule has 10 heteroatoms. The van der Waals surface area contributed by atoms with Crippen LogP contribution in [0.2, 0.25) is 5.02 Å². The van der Waals surface area contributed by atoms with Crippen LogP contribution < -0.4 is 10.2 Å². The van der Waals surface area contributed by atoms with E-state index in [9.17, 15) is 24.5 Å². The summed E-state index contributed by atoms with van der Waals surface area (Å²) in [4.78, 5) is 49.8. The van der Waals surface area contributed by atoms with E-state index in [4.69, 9.17) is 11.6 Å². The van der Waals surface area contributed by atoms with E-state index in [0.717, 1.165) is 21.7 Å². The number of carbonyl (C=O) groups is 3. The summed E-state index contributed by atoms with van der Waals surface area (Å²) in [7, 11) is 0. The molecule has 0 bridgehead atoms. The van der Waals surface area contributed by atoms with Gasteiger partial charge >= 0.3 is 6.03 Å². The summed E-state index contributed by atoms with van der Waals surface area (Å²) in [5.41, 5.74) is 4.46. The molecule has 9 nitrogen and oxygen atoms in total. The number of urea groups is 1. The monoisotopic (exact) mass is 492 g/mol. The highest BCUT2D eigenvalue weighted by molar-refractivity contribution is 6.39. The van der Waals surface area contributed by atoms with Gasteiger partial charge in [-0.2, -0.15) is 0 Å². The minimum atomic E-state index is -0.814. The molecule has 1 aliphatic heterocycles. The number of aromatic nitrogens is 1. The Morgan fingerprint density at radius 3 is 2.26 bits per heavy atom. The minimum absolute atomic E-state index is 0.00992. The summed E-state index contributed by atoms with van der Waals surface area (Å²) in [5, 5.41) is 13.3. The van der Waals surface area contributed by atoms with Gasteiger partial charge in [-0.3, -0.25) is 25.0 Å². The molecule has 1 aromatic heterocycles. The van der Waals surface area contributed by atoms with E-state index in [0.29, 0.717) is 22.6 Å². The summed E-state index contributed by atoms with van der Waals surface area (Å²) >= 11 is 6.09. The molecule has 0 radical (unpaired) electrons. The second-order valence-electron chi connectivity index (χ2n) is 8.28. The van der Waals surface area contributed by atoms with Crippen molar-refractivity contribution in [3.63, 3.8) is 0 Å². The summed E-state index contributed by atoms with van der Waals surface area (Å²) in [6.07, 6.45) is 1.43. The van der Waals surface area contributed by atoms with Gasteiger partial charge in [0.05, 0.1) is 10.6 Å². The third-order valence-electron chi connectivity index (χ3n) is 6.01. The van der Waals surface area contributed by atoms with E-state index >= 15 is 0 Å². The van der Waals surface area contributed by atoms with Gasteiger partial charge in [-0.1, -0.05) is 17.7 Å². The number of halogens is 1. The van der Waals surface area contributed by atoms with Gasteiger partial charge in [0, 0.05) is 23.1 Å². The van der Waals surface area contributed by atoms with Crippen molar-refractivity contribution >= 4 is 46.9 Å². The highest BCUT2D eigenvalue weighted by Gasteiger charge is 2.37. The number of carbonyl (C=O) groups excluding carboxylic acids is 3. The lowest BCUT2D eigenvalue weighted by Crippen LogP contribution is -2.54. The fraction of sp³-hybridized carbons (Fsp3) is 0.160. The maximum absolute atomic E-state index is 13.3. The molecule has 0 spiro atoms. The lowest BCUT2D eigenvalue weighted by atomic mass is 10.1. The first-order valence-corrected chi connectivity index (χ1v) is 11.0. The van der Waals surface area contributed by atoms with E-state index in [1.54, 1.807) is 41.8 Å². The van der Waals surface area contributed by atoms with Crippen molar-refractivity contribution in [3.8, 4) is 5.69 Å². The second-order valence-corrected chi connectivity index (χ2v) is 8.69. The molecule has 35 heavy (non-hydrogen) atoms. The zero-order valence-electron chi connectivity index (χ0n) is 19.4. The van der Waals surface area contributed by atoms with Crippen LogP contribution in [-0.4, -0.2) is 27.3 Å². The van der Waals surface area contributed by atoms with Crippen LogP contribution in [0, 0.1) is 37.8 Å². The first kappa shape index (κ1) is 23.9. The molecule has 0 aliphatic carbocycles. The molecule has 0 saturated carbocycles. The maximum Gasteiger partial charge on any atom is 0.335 e. The van der Waals surface area contributed by atoms with Gasteiger partial charge in [0.15, 0.2) is 0 Å². The molecular weight excluding hydrogens is 472 g/mol. The highest BCUT2D eigenvalue weighted by atomic mass is 35.5. The number of hydrogen-bond donors (Lipinski definition) is 1. The van der Waals surface area contributed by atoms with Crippen LogP contribution in [0.3, 0.4) is 0 Å². The fourth-order valence-corrected chi connectivity index (χ4v) is 4.27. The summed E-state index contributed by atoms with van der Waals surface area (Å²) in [6, 6.07) is 10.5. The molecule has 0 atom stereocenters. The zero-order valence-corrected chi connectivity index (χ0v) is 20.1. The Kier molecular flexibility index (Phi) is 6.04. The maximum atomic E-state index is 13.3. The average molecular weight is 493 g/mol. The number of aryl methyl sites for hydroxylation is 3. The van der Waals surface area contributed by atoms with Gasteiger partial charge in [0.1, 0.15) is 10.6 Å². The molecule has 2 heterocycles. The van der Waals surface area contributed by atoms with Gasteiger partial charge < -0.3 is 4.57 Å². The molecule has 4 amide bonds. The molecule has 1 saturated heterocycles. The molecule has 1 aliphatic rings. The predicted octanol–water partition coefficient (Wildman–Crippen LogP) is 4.94. The van der Waals surface area contributed by atoms with Crippen LogP contribution in [0.5, 0.6) is 0 Å². The molecule has 0 unspecified atom stereocenters. The molecule has 1 fully saturated rings. The molecule has 1 N–H and O–H groups in total. The Morgan fingerprint density at radius 1 is 0.943 bits per heavy atom. The number of barbiturate groups is 1. The molecule has 4 rings (SSSR count). The number of nitrogens with zero attached hydrogens (tertiary/aromatic N) is 3. The molecule has 3 aromatic rings. The lowest BCUT2D eigenvalue weighted by Gasteiger charge is -2.26. The number of nitro benzene ring substituents is 1. The normalized spacial score (nSPS) is 15.1. The minimum Gasteiger partial charge on any atom is -0.318 e. The van der Waals surface area contributed by atoms with Crippen molar-refractivity contribution in [2.75, 3.05) is 4.90 Å². The van der Waals surface area contributed by atoms with Crippen LogP contribution in [-0.2, 0) is 9.59 Å². The quantitative estimate of drug-likeness (QED) is 0.240. The number of amides is 4. The van der Waals surface area contributed by atoms with Crippen LogP contribution in [0.1, 0.15) is 28.1 Å². The topological polar surface area (TPSA) is 115 Å². The first-order chi connectivity index (χ1) is 16.5. The van der Waals surface area contributed by atoms with Crippen molar-refractivity contribution in [3.05, 3.63) is 91.3 Å². The van der Waals surface area contributed by atoms with E-state index < -0.39 is 22.8 Å². The third kappa shape index (κ3) is 4.22. The van der Waals surface area contributed by atoms with Crippen LogP contribution in [0.4, 0.5) is 16.2 Å². The highest BCUT2D eigenvalue weighted by Crippen LogP contribution is 2.30. The number of hydrogen-bond acceptors (Lipinski definition) is 5. The number of anilines is 1. The van der Waals surface area contributed by atoms with Crippen LogP contribution in [0.25, 0.3) is 11.8 Å². The largest absolute Gasteiger partial charge is 0.335 e. The molecular formula is C25H21ClN4O5. The SMILES string of the molecule is Cc1ccc(N2C(=O)NC(=O)/C(=C\c3cc(C)n(-c4ccc([N+](=O)[O-])c(Cl)c4)c3C)C2=O)cc1C. The van der Waals surface area contributed by atoms with E-state index in [1.165, 1.54) is 18.2 Å². The van der Waals surface area contributed by atoms with Gasteiger partial charge in [-0.15, -0.1) is 0 Å². The number of nitrogens with one attached hydrogen (secondary N) is 1. The number of benzene rings is 2. The van der Waals surface area contributed by atoms with Crippen molar-refractivity contribution in [1.82, 2.24) is 9.88 Å². The van der Waals surface area contributed by atoms with Crippen molar-refractivity contribution in [2.24, 2.45) is 0 Å². The van der Waals surface area contributed by atoms with E-state index in [1.807, 2.05) is 20.8 Å². The number of imide groups is 2. The fourth-order valence-electron chi connectivity index (χ4n) is 4.03. The summed E-state index contributed by atoms with van der Waals surface area (Å²) < 4.78 is 1.81. The summed E-state index contributed by atoms with van der Waals surface area (Å²) in [6.45, 7) is 7.39. The standard InChI is InChI=1S/C25H21ClN4O5/c1-13-5-6-18(9-14(13)2)29-24(32)20(23(31)27-25(29)33)11-17-10-15(3)28(16(17)4)19-7-8-22(30(34)35)21(26)12-19/h5-12H,1-4H3,(H,27,31,33)/b20-11+. The van der Waals surface area contributed by atoms with E-state index in [-0.39, 0.29) is 16.3 Å². The first-order valence-electron chi connectivity index (χ1n) is 10.6. The Labute approximate surface area is 205 Å². The van der Waals surface area contributed by atoms with Gasteiger partial charge in [-0.25, -0.2) is 9.69 Å². The Hall–Kier alpha value is -4.24. The van der Waals surface area contributed by atoms with Crippen molar-refractivity contribution in [1.29, 1.82) is 0 Å². The third-order valence-corrected chi connectivity index (χ3v) is 6.31. The zero-order chi connectivity index (χ0) is 25.6. The van der Waals surface area contributed by atoms with E-state index in [2.05, 4.69) is 5.32 Å². The Morgan fingerprint density at radius 2 is 1.63 bits per heavy atom. The van der Waals surface area contributed by atoms with Crippen molar-refractivity contribution < 1.29 is 19.3 Å².